The van der Waals surface area contributed by atoms with Crippen LogP contribution >= 0.6 is 24.0 Å². The number of halogens is 1. The van der Waals surface area contributed by atoms with Crippen LogP contribution in [0.15, 0.2) is 77.8 Å². The van der Waals surface area contributed by atoms with Crippen molar-refractivity contribution in [3.05, 3.63) is 83.9 Å². The molecule has 4 atom stereocenters. The molecule has 4 unspecified atom stereocenters. The molecule has 178 valence electrons. The van der Waals surface area contributed by atoms with Gasteiger partial charge < -0.3 is 10.6 Å². The summed E-state index contributed by atoms with van der Waals surface area (Å²) in [5.74, 6) is 1.06. The molecule has 1 saturated heterocycles. The number of hydrogen-bond donors (Lipinski definition) is 2. The molecule has 6 nitrogen and oxygen atoms in total. The monoisotopic (exact) mass is 570 g/mol. The smallest absolute Gasteiger partial charge is 0.233 e. The Morgan fingerprint density at radius 1 is 0.912 bits per heavy atom. The SMILES string of the molecule is CN=C(NCCN1C(=O)C2C3C=CC(C3)C2C1=O)NCC(c1ccccc1)c1ccccc1.I. The molecular formula is C27H31IN4O2. The van der Waals surface area contributed by atoms with Crippen molar-refractivity contribution in [2.75, 3.05) is 26.7 Å². The number of allylic oxidation sites excluding steroid dienone is 2. The first-order valence-electron chi connectivity index (χ1n) is 11.8. The van der Waals surface area contributed by atoms with Gasteiger partial charge in [-0.1, -0.05) is 72.8 Å². The van der Waals surface area contributed by atoms with Gasteiger partial charge in [0.05, 0.1) is 11.8 Å². The van der Waals surface area contributed by atoms with E-state index in [0.29, 0.717) is 25.6 Å². The number of rotatable bonds is 7. The lowest BCUT2D eigenvalue weighted by Crippen LogP contribution is -2.44. The second kappa shape index (κ2) is 10.7. The average Bonchev–Trinajstić information content (AvgIpc) is 3.54. The number of carbonyl (C=O) groups excluding carboxylic acids is 2. The maximum atomic E-state index is 12.9. The fourth-order valence-electron chi connectivity index (χ4n) is 5.69. The topological polar surface area (TPSA) is 73.8 Å². The molecule has 1 heterocycles. The summed E-state index contributed by atoms with van der Waals surface area (Å²) in [6, 6.07) is 20.8. The largest absolute Gasteiger partial charge is 0.355 e. The zero-order valence-corrected chi connectivity index (χ0v) is 21.6. The van der Waals surface area contributed by atoms with E-state index < -0.39 is 0 Å². The van der Waals surface area contributed by atoms with Gasteiger partial charge in [-0.2, -0.15) is 0 Å². The second-order valence-electron chi connectivity index (χ2n) is 9.08. The fourth-order valence-corrected chi connectivity index (χ4v) is 5.69. The fraction of sp³-hybridized carbons (Fsp3) is 0.370. The molecule has 0 aromatic heterocycles. The van der Waals surface area contributed by atoms with Crippen molar-refractivity contribution in [3.63, 3.8) is 0 Å². The van der Waals surface area contributed by atoms with Crippen LogP contribution in [0.25, 0.3) is 0 Å². The van der Waals surface area contributed by atoms with Crippen molar-refractivity contribution in [2.24, 2.45) is 28.7 Å². The lowest BCUT2D eigenvalue weighted by molar-refractivity contribution is -0.140. The Bertz CT molecular complexity index is 1000. The molecule has 2 fully saturated rings. The predicted octanol–water partition coefficient (Wildman–Crippen LogP) is 3.41. The minimum atomic E-state index is -0.137. The van der Waals surface area contributed by atoms with Gasteiger partial charge in [0.2, 0.25) is 11.8 Å². The van der Waals surface area contributed by atoms with Crippen LogP contribution < -0.4 is 10.6 Å². The van der Waals surface area contributed by atoms with Crippen LogP contribution in [0, 0.1) is 23.7 Å². The van der Waals surface area contributed by atoms with Crippen LogP contribution in [0.3, 0.4) is 0 Å². The summed E-state index contributed by atoms with van der Waals surface area (Å²) in [4.78, 5) is 31.5. The molecule has 5 rings (SSSR count). The van der Waals surface area contributed by atoms with Crippen LogP contribution in [0.2, 0.25) is 0 Å². The molecule has 2 aromatic carbocycles. The highest BCUT2D eigenvalue weighted by Crippen LogP contribution is 2.52. The highest BCUT2D eigenvalue weighted by molar-refractivity contribution is 14.0. The third kappa shape index (κ3) is 4.62. The molecule has 0 spiro atoms. The molecule has 0 radical (unpaired) electrons. The van der Waals surface area contributed by atoms with Crippen LogP contribution in [-0.2, 0) is 9.59 Å². The van der Waals surface area contributed by atoms with E-state index in [9.17, 15) is 9.59 Å². The number of carbonyl (C=O) groups is 2. The van der Waals surface area contributed by atoms with Gasteiger partial charge in [-0.25, -0.2) is 0 Å². The molecule has 2 amide bonds. The minimum absolute atomic E-state index is 0. The van der Waals surface area contributed by atoms with Crippen LogP contribution in [0.1, 0.15) is 23.5 Å². The Labute approximate surface area is 217 Å². The van der Waals surface area contributed by atoms with E-state index in [1.54, 1.807) is 7.05 Å². The van der Waals surface area contributed by atoms with Gasteiger partial charge in [0.25, 0.3) is 0 Å². The number of nitrogens with one attached hydrogen (secondary N) is 2. The van der Waals surface area contributed by atoms with Crippen molar-refractivity contribution < 1.29 is 9.59 Å². The van der Waals surface area contributed by atoms with Crippen molar-refractivity contribution in [1.29, 1.82) is 0 Å². The Kier molecular flexibility index (Phi) is 7.70. The predicted molar refractivity (Wildman–Crippen MR) is 144 cm³/mol. The maximum Gasteiger partial charge on any atom is 0.233 e. The van der Waals surface area contributed by atoms with E-state index in [2.05, 4.69) is 76.3 Å². The number of fused-ring (bicyclic) bond motifs is 5. The average molecular weight is 570 g/mol. The van der Waals surface area contributed by atoms with Crippen LogP contribution in [0.5, 0.6) is 0 Å². The summed E-state index contributed by atoms with van der Waals surface area (Å²) < 4.78 is 0. The van der Waals surface area contributed by atoms with E-state index in [-0.39, 0.29) is 65.4 Å². The van der Waals surface area contributed by atoms with E-state index in [1.807, 2.05) is 12.1 Å². The maximum absolute atomic E-state index is 12.9. The third-order valence-electron chi connectivity index (χ3n) is 7.29. The molecule has 1 saturated carbocycles. The first kappa shape index (κ1) is 24.4. The van der Waals surface area contributed by atoms with Gasteiger partial charge in [-0.3, -0.25) is 19.5 Å². The number of hydrogen-bond acceptors (Lipinski definition) is 3. The molecule has 34 heavy (non-hydrogen) atoms. The van der Waals surface area contributed by atoms with Crippen LogP contribution in [-0.4, -0.2) is 49.4 Å². The number of amides is 2. The zero-order chi connectivity index (χ0) is 22.8. The Morgan fingerprint density at radius 2 is 1.44 bits per heavy atom. The Balaban J connectivity index is 0.00000274. The number of guanidine groups is 1. The number of imide groups is 1. The number of nitrogens with zero attached hydrogens (tertiary/aromatic N) is 2. The van der Waals surface area contributed by atoms with Crippen molar-refractivity contribution >= 4 is 41.8 Å². The lowest BCUT2D eigenvalue weighted by atomic mass is 9.85. The van der Waals surface area contributed by atoms with E-state index >= 15 is 0 Å². The van der Waals surface area contributed by atoms with Crippen molar-refractivity contribution in [1.82, 2.24) is 15.5 Å². The molecule has 2 aromatic rings. The number of benzene rings is 2. The first-order valence-corrected chi connectivity index (χ1v) is 11.8. The quantitative estimate of drug-likeness (QED) is 0.176. The van der Waals surface area contributed by atoms with Gasteiger partial charge in [-0.15, -0.1) is 24.0 Å². The number of likely N-dealkylation sites (tertiary alicyclic amines) is 1. The Hall–Kier alpha value is -2.68. The van der Waals surface area contributed by atoms with Gasteiger partial charge in [0.15, 0.2) is 5.96 Å². The summed E-state index contributed by atoms with van der Waals surface area (Å²) in [5, 5.41) is 6.70. The summed E-state index contributed by atoms with van der Waals surface area (Å²) >= 11 is 0. The lowest BCUT2D eigenvalue weighted by Gasteiger charge is -2.22. The third-order valence-corrected chi connectivity index (χ3v) is 7.29. The summed E-state index contributed by atoms with van der Waals surface area (Å²) in [6.45, 7) is 1.51. The standard InChI is InChI=1S/C27H30N4O2.HI/c1-28-27(30-17-22(18-8-4-2-5-9-18)19-10-6-3-7-11-19)29-14-15-31-25(32)23-20-12-13-21(16-20)24(23)26(31)33;/h2-13,20-24H,14-17H2,1H3,(H2,28,29,30);1H. The molecule has 3 aliphatic rings. The second-order valence-corrected chi connectivity index (χ2v) is 9.08. The number of aliphatic imine (C=N–C) groups is 1. The highest BCUT2D eigenvalue weighted by Gasteiger charge is 2.58. The van der Waals surface area contributed by atoms with Crippen molar-refractivity contribution in [3.8, 4) is 0 Å². The van der Waals surface area contributed by atoms with Gasteiger partial charge in [0.1, 0.15) is 0 Å². The molecule has 1 aliphatic heterocycles. The van der Waals surface area contributed by atoms with Gasteiger partial charge in [0, 0.05) is 32.6 Å². The summed E-state index contributed by atoms with van der Waals surface area (Å²) in [6.07, 6.45) is 5.21. The highest BCUT2D eigenvalue weighted by atomic mass is 127. The molecule has 7 heteroatoms. The Morgan fingerprint density at radius 3 is 1.94 bits per heavy atom. The van der Waals surface area contributed by atoms with Gasteiger partial charge in [-0.05, 0) is 29.4 Å². The molecular weight excluding hydrogens is 539 g/mol. The van der Waals surface area contributed by atoms with E-state index in [1.165, 1.54) is 16.0 Å². The summed E-state index contributed by atoms with van der Waals surface area (Å²) in [5.41, 5.74) is 2.46. The van der Waals surface area contributed by atoms with Crippen LogP contribution in [0.4, 0.5) is 0 Å². The van der Waals surface area contributed by atoms with E-state index in [4.69, 9.17) is 0 Å². The van der Waals surface area contributed by atoms with Gasteiger partial charge >= 0.3 is 0 Å². The van der Waals surface area contributed by atoms with Crippen molar-refractivity contribution in [2.45, 2.75) is 12.3 Å². The van der Waals surface area contributed by atoms with E-state index in [0.717, 1.165) is 6.42 Å². The molecule has 2 bridgehead atoms. The molecule has 2 aliphatic carbocycles. The minimum Gasteiger partial charge on any atom is -0.355 e. The summed E-state index contributed by atoms with van der Waals surface area (Å²) in [7, 11) is 1.73. The zero-order valence-electron chi connectivity index (χ0n) is 19.3. The molecule has 2 N–H and O–H groups in total. The normalized spacial score (nSPS) is 25.0. The first-order chi connectivity index (χ1) is 16.2.